The summed E-state index contributed by atoms with van der Waals surface area (Å²) in [5.41, 5.74) is 2.92. The molecule has 0 spiro atoms. The minimum absolute atomic E-state index is 0.191. The molecular weight excluding hydrogens is 552 g/mol. The molecule has 0 aromatic heterocycles. The summed E-state index contributed by atoms with van der Waals surface area (Å²) in [6.45, 7) is 1.83. The molecule has 0 unspecified atom stereocenters. The number of carbonyl (C=O) groups is 3. The van der Waals surface area contributed by atoms with Crippen molar-refractivity contribution in [1.29, 1.82) is 0 Å². The molecular formula is C26H20BrClN2O4S. The van der Waals surface area contributed by atoms with E-state index in [0.29, 0.717) is 26.9 Å². The van der Waals surface area contributed by atoms with E-state index in [2.05, 4.69) is 21.2 Å². The molecule has 9 heteroatoms. The average molecular weight is 572 g/mol. The quantitative estimate of drug-likeness (QED) is 0.321. The molecule has 1 saturated heterocycles. The molecule has 4 rings (SSSR count). The van der Waals surface area contributed by atoms with Crippen LogP contribution >= 0.6 is 39.3 Å². The predicted molar refractivity (Wildman–Crippen MR) is 142 cm³/mol. The Morgan fingerprint density at radius 1 is 1.11 bits per heavy atom. The largest absolute Gasteiger partial charge is 0.483 e. The van der Waals surface area contributed by atoms with E-state index < -0.39 is 0 Å². The SMILES string of the molecule is Cc1ccc(NC(=O)COc2ccccc2/C=C2\SC(=O)N(Cc3ccc(Br)cc3)C2=O)cc1Cl. The second-order valence-electron chi connectivity index (χ2n) is 7.73. The normalized spacial score (nSPS) is 14.5. The topological polar surface area (TPSA) is 75.7 Å². The summed E-state index contributed by atoms with van der Waals surface area (Å²) in [6, 6.07) is 19.7. The van der Waals surface area contributed by atoms with Crippen LogP contribution in [0.2, 0.25) is 5.02 Å². The van der Waals surface area contributed by atoms with E-state index in [1.165, 1.54) is 4.90 Å². The van der Waals surface area contributed by atoms with Gasteiger partial charge in [0.1, 0.15) is 5.75 Å². The molecule has 1 aliphatic heterocycles. The molecule has 0 atom stereocenters. The van der Waals surface area contributed by atoms with Crippen LogP contribution in [0, 0.1) is 6.92 Å². The van der Waals surface area contributed by atoms with Gasteiger partial charge in [-0.15, -0.1) is 0 Å². The Balaban J connectivity index is 1.43. The zero-order valence-corrected chi connectivity index (χ0v) is 21.7. The highest BCUT2D eigenvalue weighted by Crippen LogP contribution is 2.35. The number of benzene rings is 3. The zero-order chi connectivity index (χ0) is 24.9. The molecule has 0 radical (unpaired) electrons. The van der Waals surface area contributed by atoms with Gasteiger partial charge in [0.25, 0.3) is 17.1 Å². The van der Waals surface area contributed by atoms with E-state index in [9.17, 15) is 14.4 Å². The standard InChI is InChI=1S/C26H20BrClN2O4S/c1-16-6-11-20(13-21(16)28)29-24(31)15-34-22-5-3-2-4-18(22)12-23-25(32)30(26(33)35-23)14-17-7-9-19(27)10-8-17/h2-13H,14-15H2,1H3,(H,29,31)/b23-12-. The van der Waals surface area contributed by atoms with Crippen LogP contribution in [0.1, 0.15) is 16.7 Å². The van der Waals surface area contributed by atoms with Gasteiger partial charge in [-0.1, -0.05) is 63.9 Å². The summed E-state index contributed by atoms with van der Waals surface area (Å²) >= 11 is 10.4. The van der Waals surface area contributed by atoms with Gasteiger partial charge >= 0.3 is 0 Å². The molecule has 0 saturated carbocycles. The van der Waals surface area contributed by atoms with E-state index in [-0.39, 0.29) is 30.2 Å². The maximum Gasteiger partial charge on any atom is 0.293 e. The number of hydrogen-bond acceptors (Lipinski definition) is 5. The number of thioether (sulfide) groups is 1. The first kappa shape index (κ1) is 25.0. The van der Waals surface area contributed by atoms with Gasteiger partial charge in [0, 0.05) is 20.7 Å². The molecule has 35 heavy (non-hydrogen) atoms. The van der Waals surface area contributed by atoms with E-state index in [4.69, 9.17) is 16.3 Å². The number of rotatable bonds is 7. The van der Waals surface area contributed by atoms with E-state index in [1.54, 1.807) is 42.5 Å². The van der Waals surface area contributed by atoms with Crippen LogP contribution < -0.4 is 10.1 Å². The van der Waals surface area contributed by atoms with Crippen molar-refractivity contribution in [2.75, 3.05) is 11.9 Å². The molecule has 3 amide bonds. The molecule has 6 nitrogen and oxygen atoms in total. The lowest BCUT2D eigenvalue weighted by atomic mass is 10.1. The third-order valence-corrected chi connectivity index (χ3v) is 6.99. The number of aryl methyl sites for hydroxylation is 1. The number of imide groups is 1. The Morgan fingerprint density at radius 2 is 1.86 bits per heavy atom. The molecule has 178 valence electrons. The second-order valence-corrected chi connectivity index (χ2v) is 10.0. The van der Waals surface area contributed by atoms with E-state index in [0.717, 1.165) is 27.4 Å². The first-order valence-corrected chi connectivity index (χ1v) is 12.6. The predicted octanol–water partition coefficient (Wildman–Crippen LogP) is 6.66. The molecule has 1 aliphatic rings. The number of amides is 3. The fourth-order valence-electron chi connectivity index (χ4n) is 3.29. The van der Waals surface area contributed by atoms with Crippen molar-refractivity contribution in [3.8, 4) is 5.75 Å². The minimum atomic E-state index is -0.369. The number of para-hydroxylation sites is 1. The van der Waals surface area contributed by atoms with Crippen molar-refractivity contribution in [1.82, 2.24) is 4.90 Å². The van der Waals surface area contributed by atoms with Crippen LogP contribution in [0.3, 0.4) is 0 Å². The van der Waals surface area contributed by atoms with Crippen LogP contribution in [0.4, 0.5) is 10.5 Å². The lowest BCUT2D eigenvalue weighted by Crippen LogP contribution is -2.27. The van der Waals surface area contributed by atoms with Gasteiger partial charge in [-0.05, 0) is 66.2 Å². The number of hydrogen-bond donors (Lipinski definition) is 1. The van der Waals surface area contributed by atoms with Crippen LogP contribution in [-0.4, -0.2) is 28.6 Å². The average Bonchev–Trinajstić information content (AvgIpc) is 3.09. The fourth-order valence-corrected chi connectivity index (χ4v) is 4.57. The number of carbonyl (C=O) groups excluding carboxylic acids is 3. The van der Waals surface area contributed by atoms with Crippen LogP contribution in [-0.2, 0) is 16.1 Å². The van der Waals surface area contributed by atoms with Gasteiger partial charge in [-0.3, -0.25) is 19.3 Å². The Morgan fingerprint density at radius 3 is 2.60 bits per heavy atom. The highest BCUT2D eigenvalue weighted by atomic mass is 79.9. The summed E-state index contributed by atoms with van der Waals surface area (Å²) in [6.07, 6.45) is 1.61. The number of halogens is 2. The number of anilines is 1. The maximum atomic E-state index is 12.9. The Kier molecular flexibility index (Phi) is 7.95. The number of nitrogens with one attached hydrogen (secondary N) is 1. The van der Waals surface area contributed by atoms with Crippen LogP contribution in [0.25, 0.3) is 6.08 Å². The van der Waals surface area contributed by atoms with Crippen molar-refractivity contribution in [3.63, 3.8) is 0 Å². The van der Waals surface area contributed by atoms with E-state index in [1.807, 2.05) is 37.3 Å². The molecule has 1 heterocycles. The fraction of sp³-hybridized carbons (Fsp3) is 0.115. The minimum Gasteiger partial charge on any atom is -0.483 e. The van der Waals surface area contributed by atoms with E-state index >= 15 is 0 Å². The lowest BCUT2D eigenvalue weighted by Gasteiger charge is -2.12. The monoisotopic (exact) mass is 570 g/mol. The van der Waals surface area contributed by atoms with Gasteiger partial charge in [-0.25, -0.2) is 0 Å². The van der Waals surface area contributed by atoms with Crippen molar-refractivity contribution >= 4 is 68.1 Å². The summed E-state index contributed by atoms with van der Waals surface area (Å²) < 4.78 is 6.64. The summed E-state index contributed by atoms with van der Waals surface area (Å²) in [5.74, 6) is -0.300. The molecule has 0 bridgehead atoms. The highest BCUT2D eigenvalue weighted by molar-refractivity contribution is 9.10. The van der Waals surface area contributed by atoms with Gasteiger partial charge in [-0.2, -0.15) is 0 Å². The number of nitrogens with zero attached hydrogens (tertiary/aromatic N) is 1. The van der Waals surface area contributed by atoms with Crippen molar-refractivity contribution < 1.29 is 19.1 Å². The Bertz CT molecular complexity index is 1330. The second kappa shape index (κ2) is 11.1. The van der Waals surface area contributed by atoms with Gasteiger partial charge in [0.2, 0.25) is 0 Å². The van der Waals surface area contributed by atoms with Gasteiger partial charge in [0.15, 0.2) is 6.61 Å². The van der Waals surface area contributed by atoms with Crippen molar-refractivity contribution in [2.45, 2.75) is 13.5 Å². The molecule has 1 N–H and O–H groups in total. The Hall–Kier alpha value is -3.07. The van der Waals surface area contributed by atoms with Crippen molar-refractivity contribution in [2.24, 2.45) is 0 Å². The molecule has 3 aromatic carbocycles. The zero-order valence-electron chi connectivity index (χ0n) is 18.6. The molecule has 3 aromatic rings. The first-order chi connectivity index (χ1) is 16.8. The van der Waals surface area contributed by atoms with Crippen molar-refractivity contribution in [3.05, 3.63) is 97.8 Å². The molecule has 0 aliphatic carbocycles. The van der Waals surface area contributed by atoms with Crippen LogP contribution in [0.15, 0.2) is 76.1 Å². The third-order valence-electron chi connectivity index (χ3n) is 5.15. The van der Waals surface area contributed by atoms with Crippen LogP contribution in [0.5, 0.6) is 5.75 Å². The highest BCUT2D eigenvalue weighted by Gasteiger charge is 2.35. The first-order valence-electron chi connectivity index (χ1n) is 10.6. The molecule has 1 fully saturated rings. The summed E-state index contributed by atoms with van der Waals surface area (Å²) in [5, 5.41) is 2.97. The van der Waals surface area contributed by atoms with Gasteiger partial charge in [0.05, 0.1) is 11.4 Å². The smallest absolute Gasteiger partial charge is 0.293 e. The Labute approximate surface area is 220 Å². The van der Waals surface area contributed by atoms with Gasteiger partial charge < -0.3 is 10.1 Å². The third kappa shape index (κ3) is 6.33. The summed E-state index contributed by atoms with van der Waals surface area (Å²) in [7, 11) is 0. The maximum absolute atomic E-state index is 12.9. The lowest BCUT2D eigenvalue weighted by molar-refractivity contribution is -0.123. The summed E-state index contributed by atoms with van der Waals surface area (Å²) in [4.78, 5) is 39.3. The number of ether oxygens (including phenoxy) is 1.